The van der Waals surface area contributed by atoms with E-state index in [1.54, 1.807) is 6.20 Å². The standard InChI is InChI=1S/C7H9N5O/c1-4-5(3-9-11-4)7-10-6(2-8)12-13-7/h3H,2,8H2,1H3,(H,9,11). The van der Waals surface area contributed by atoms with Gasteiger partial charge >= 0.3 is 0 Å². The summed E-state index contributed by atoms with van der Waals surface area (Å²) in [7, 11) is 0. The lowest BCUT2D eigenvalue weighted by atomic mass is 10.3. The van der Waals surface area contributed by atoms with E-state index in [4.69, 9.17) is 10.3 Å². The Bertz CT molecular complexity index is 404. The number of hydrogen-bond donors (Lipinski definition) is 2. The Morgan fingerprint density at radius 3 is 3.00 bits per heavy atom. The molecule has 0 aliphatic carbocycles. The molecule has 3 N–H and O–H groups in total. The molecular weight excluding hydrogens is 170 g/mol. The third-order valence-corrected chi connectivity index (χ3v) is 1.71. The number of aromatic amines is 1. The van der Waals surface area contributed by atoms with Crippen molar-refractivity contribution in [1.29, 1.82) is 0 Å². The van der Waals surface area contributed by atoms with E-state index in [2.05, 4.69) is 20.3 Å². The van der Waals surface area contributed by atoms with Gasteiger partial charge in [-0.1, -0.05) is 5.16 Å². The molecule has 0 aromatic carbocycles. The Balaban J connectivity index is 2.41. The molecule has 6 heteroatoms. The third-order valence-electron chi connectivity index (χ3n) is 1.71. The number of aromatic nitrogens is 4. The van der Waals surface area contributed by atoms with E-state index in [9.17, 15) is 0 Å². The van der Waals surface area contributed by atoms with Crippen LogP contribution in [0.15, 0.2) is 10.7 Å². The van der Waals surface area contributed by atoms with Gasteiger partial charge in [-0.2, -0.15) is 10.1 Å². The summed E-state index contributed by atoms with van der Waals surface area (Å²) >= 11 is 0. The van der Waals surface area contributed by atoms with Crippen LogP contribution in [0.2, 0.25) is 0 Å². The zero-order chi connectivity index (χ0) is 9.26. The van der Waals surface area contributed by atoms with Gasteiger partial charge < -0.3 is 10.3 Å². The van der Waals surface area contributed by atoms with Crippen LogP contribution >= 0.6 is 0 Å². The Morgan fingerprint density at radius 2 is 2.46 bits per heavy atom. The summed E-state index contributed by atoms with van der Waals surface area (Å²) in [6.07, 6.45) is 1.64. The van der Waals surface area contributed by atoms with Crippen LogP contribution in [0, 0.1) is 6.92 Å². The van der Waals surface area contributed by atoms with Crippen molar-refractivity contribution in [1.82, 2.24) is 20.3 Å². The van der Waals surface area contributed by atoms with E-state index in [1.165, 1.54) is 0 Å². The summed E-state index contributed by atoms with van der Waals surface area (Å²) < 4.78 is 4.98. The quantitative estimate of drug-likeness (QED) is 0.688. The van der Waals surface area contributed by atoms with Gasteiger partial charge in [0.25, 0.3) is 5.89 Å². The van der Waals surface area contributed by atoms with E-state index < -0.39 is 0 Å². The van der Waals surface area contributed by atoms with Crippen molar-refractivity contribution >= 4 is 0 Å². The number of nitrogens with two attached hydrogens (primary N) is 1. The Morgan fingerprint density at radius 1 is 1.62 bits per heavy atom. The predicted octanol–water partition coefficient (Wildman–Crippen LogP) is 0.227. The summed E-state index contributed by atoms with van der Waals surface area (Å²) in [5.41, 5.74) is 7.05. The minimum Gasteiger partial charge on any atom is -0.334 e. The summed E-state index contributed by atoms with van der Waals surface area (Å²) in [6, 6.07) is 0. The fourth-order valence-corrected chi connectivity index (χ4v) is 1.01. The molecule has 2 heterocycles. The van der Waals surface area contributed by atoms with E-state index in [-0.39, 0.29) is 6.54 Å². The lowest BCUT2D eigenvalue weighted by molar-refractivity contribution is 0.422. The van der Waals surface area contributed by atoms with Gasteiger partial charge in [-0.05, 0) is 6.92 Å². The average molecular weight is 179 g/mol. The monoisotopic (exact) mass is 179 g/mol. The number of H-pyrrole nitrogens is 1. The molecule has 2 aromatic heterocycles. The van der Waals surface area contributed by atoms with Gasteiger partial charge in [-0.3, -0.25) is 5.10 Å². The second-order valence-electron chi connectivity index (χ2n) is 2.63. The molecule has 0 spiro atoms. The maximum Gasteiger partial charge on any atom is 0.261 e. The second-order valence-corrected chi connectivity index (χ2v) is 2.63. The lowest BCUT2D eigenvalue weighted by Crippen LogP contribution is -1.97. The van der Waals surface area contributed by atoms with Crippen molar-refractivity contribution < 1.29 is 4.52 Å². The summed E-state index contributed by atoms with van der Waals surface area (Å²) in [4.78, 5) is 4.07. The maximum absolute atomic E-state index is 5.35. The summed E-state index contributed by atoms with van der Waals surface area (Å²) in [5, 5.41) is 10.3. The predicted molar refractivity (Wildman–Crippen MR) is 44.5 cm³/mol. The molecule has 2 aromatic rings. The second kappa shape index (κ2) is 2.98. The first kappa shape index (κ1) is 7.93. The van der Waals surface area contributed by atoms with Crippen LogP contribution in [0.4, 0.5) is 0 Å². The molecule has 0 bridgehead atoms. The molecule has 6 nitrogen and oxygen atoms in total. The van der Waals surface area contributed by atoms with Crippen LogP contribution in [0.1, 0.15) is 11.5 Å². The molecular formula is C7H9N5O. The highest BCUT2D eigenvalue weighted by atomic mass is 16.5. The molecule has 0 saturated carbocycles. The highest BCUT2D eigenvalue weighted by molar-refractivity contribution is 5.54. The summed E-state index contributed by atoms with van der Waals surface area (Å²) in [5.74, 6) is 0.947. The van der Waals surface area contributed by atoms with Crippen LogP contribution in [-0.2, 0) is 6.54 Å². The SMILES string of the molecule is Cc1[nH]ncc1-c1nc(CN)no1. The lowest BCUT2D eigenvalue weighted by Gasteiger charge is -1.87. The van der Waals surface area contributed by atoms with Gasteiger partial charge in [-0.15, -0.1) is 0 Å². The Hall–Kier alpha value is -1.69. The molecule has 0 unspecified atom stereocenters. The summed E-state index contributed by atoms with van der Waals surface area (Å²) in [6.45, 7) is 2.16. The van der Waals surface area contributed by atoms with Crippen LogP contribution in [0.25, 0.3) is 11.5 Å². The first-order chi connectivity index (χ1) is 6.31. The highest BCUT2D eigenvalue weighted by Crippen LogP contribution is 2.18. The van der Waals surface area contributed by atoms with Gasteiger partial charge in [0, 0.05) is 5.69 Å². The molecule has 0 atom stereocenters. The van der Waals surface area contributed by atoms with Crippen molar-refractivity contribution in [3.05, 3.63) is 17.7 Å². The van der Waals surface area contributed by atoms with E-state index in [1.807, 2.05) is 6.92 Å². The van der Waals surface area contributed by atoms with Crippen molar-refractivity contribution in [2.45, 2.75) is 13.5 Å². The first-order valence-corrected chi connectivity index (χ1v) is 3.84. The number of hydrogen-bond acceptors (Lipinski definition) is 5. The third kappa shape index (κ3) is 1.31. The molecule has 0 aliphatic heterocycles. The Kier molecular flexibility index (Phi) is 1.82. The average Bonchev–Trinajstić information content (AvgIpc) is 2.71. The molecule has 2 rings (SSSR count). The van der Waals surface area contributed by atoms with E-state index in [0.29, 0.717) is 11.7 Å². The molecule has 0 aliphatic rings. The van der Waals surface area contributed by atoms with Gasteiger partial charge in [0.1, 0.15) is 0 Å². The Labute approximate surface area is 74.1 Å². The van der Waals surface area contributed by atoms with Crippen molar-refractivity contribution in [2.24, 2.45) is 5.73 Å². The molecule has 13 heavy (non-hydrogen) atoms. The van der Waals surface area contributed by atoms with Crippen molar-refractivity contribution in [2.75, 3.05) is 0 Å². The molecule has 0 saturated heterocycles. The molecule has 0 amide bonds. The number of nitrogens with one attached hydrogen (secondary N) is 1. The first-order valence-electron chi connectivity index (χ1n) is 3.84. The maximum atomic E-state index is 5.35. The number of aryl methyl sites for hydroxylation is 1. The van der Waals surface area contributed by atoms with Crippen LogP contribution < -0.4 is 5.73 Å². The number of rotatable bonds is 2. The van der Waals surface area contributed by atoms with Gasteiger partial charge in [0.05, 0.1) is 18.3 Å². The topological polar surface area (TPSA) is 93.6 Å². The fraction of sp³-hybridized carbons (Fsp3) is 0.286. The van der Waals surface area contributed by atoms with Crippen molar-refractivity contribution in [3.63, 3.8) is 0 Å². The highest BCUT2D eigenvalue weighted by Gasteiger charge is 2.11. The van der Waals surface area contributed by atoms with Crippen LogP contribution in [0.5, 0.6) is 0 Å². The minimum absolute atomic E-state index is 0.278. The van der Waals surface area contributed by atoms with Crippen LogP contribution in [0.3, 0.4) is 0 Å². The normalized spacial score (nSPS) is 10.6. The smallest absolute Gasteiger partial charge is 0.261 e. The molecule has 68 valence electrons. The molecule has 0 radical (unpaired) electrons. The van der Waals surface area contributed by atoms with E-state index >= 15 is 0 Å². The van der Waals surface area contributed by atoms with Crippen molar-refractivity contribution in [3.8, 4) is 11.5 Å². The molecule has 0 fully saturated rings. The van der Waals surface area contributed by atoms with E-state index in [0.717, 1.165) is 11.3 Å². The fourth-order valence-electron chi connectivity index (χ4n) is 1.01. The van der Waals surface area contributed by atoms with Crippen LogP contribution in [-0.4, -0.2) is 20.3 Å². The number of nitrogens with zero attached hydrogens (tertiary/aromatic N) is 3. The largest absolute Gasteiger partial charge is 0.334 e. The van der Waals surface area contributed by atoms with Gasteiger partial charge in [0.15, 0.2) is 5.82 Å². The van der Waals surface area contributed by atoms with Gasteiger partial charge in [-0.25, -0.2) is 0 Å². The van der Waals surface area contributed by atoms with Gasteiger partial charge in [0.2, 0.25) is 0 Å². The zero-order valence-corrected chi connectivity index (χ0v) is 7.11. The zero-order valence-electron chi connectivity index (χ0n) is 7.11. The minimum atomic E-state index is 0.278.